The van der Waals surface area contributed by atoms with Crippen molar-refractivity contribution in [2.75, 3.05) is 18.1 Å². The molecule has 1 spiro atoms. The second-order valence-electron chi connectivity index (χ2n) is 6.86. The molecule has 0 N–H and O–H groups in total. The quantitative estimate of drug-likeness (QED) is 0.560. The molecule has 2 heterocycles. The fraction of sp³-hybridized carbons (Fsp3) is 0.944. The van der Waals surface area contributed by atoms with Crippen LogP contribution in [0.3, 0.4) is 0 Å². The van der Waals surface area contributed by atoms with E-state index in [1.165, 1.54) is 44.3 Å². The average molecular weight is 313 g/mol. The van der Waals surface area contributed by atoms with Crippen LogP contribution in [0.2, 0.25) is 0 Å². The molecule has 0 bridgehead atoms. The van der Waals surface area contributed by atoms with E-state index in [2.05, 4.69) is 6.92 Å². The van der Waals surface area contributed by atoms with Crippen molar-refractivity contribution < 1.29 is 9.53 Å². The summed E-state index contributed by atoms with van der Waals surface area (Å²) in [6.45, 7) is 3.05. The van der Waals surface area contributed by atoms with Crippen LogP contribution in [0.5, 0.6) is 0 Å². The van der Waals surface area contributed by atoms with Gasteiger partial charge in [-0.2, -0.15) is 11.8 Å². The summed E-state index contributed by atoms with van der Waals surface area (Å²) < 4.78 is 6.01. The summed E-state index contributed by atoms with van der Waals surface area (Å²) in [4.78, 5) is 12.4. The third-order valence-corrected chi connectivity index (χ3v) is 6.27. The zero-order valence-electron chi connectivity index (χ0n) is 13.7. The highest BCUT2D eigenvalue weighted by atomic mass is 32.2. The third kappa shape index (κ3) is 5.59. The molecule has 0 aliphatic carbocycles. The van der Waals surface area contributed by atoms with Gasteiger partial charge in [0.05, 0.1) is 5.60 Å². The Kier molecular flexibility index (Phi) is 7.59. The number of unbranched alkanes of at least 4 members (excludes halogenated alkanes) is 6. The molecule has 0 radical (unpaired) electrons. The van der Waals surface area contributed by atoms with Crippen LogP contribution < -0.4 is 0 Å². The maximum absolute atomic E-state index is 12.4. The van der Waals surface area contributed by atoms with E-state index in [0.29, 0.717) is 5.78 Å². The van der Waals surface area contributed by atoms with E-state index in [1.807, 2.05) is 11.8 Å². The number of ketones is 1. The standard InChI is InChI=1S/C18H32O2S/c1-2-3-4-5-6-7-8-9-17(19)16-10-12-20-18(14-16)11-13-21-15-18/h16H,2-15H2,1H3. The number of rotatable bonds is 9. The zero-order chi connectivity index (χ0) is 15.0. The molecule has 21 heavy (non-hydrogen) atoms. The van der Waals surface area contributed by atoms with Crippen LogP contribution in [-0.4, -0.2) is 29.5 Å². The normalized spacial score (nSPS) is 29.1. The van der Waals surface area contributed by atoms with Gasteiger partial charge in [-0.25, -0.2) is 0 Å². The van der Waals surface area contributed by atoms with Crippen molar-refractivity contribution in [2.45, 2.75) is 83.2 Å². The van der Waals surface area contributed by atoms with Crippen molar-refractivity contribution in [1.82, 2.24) is 0 Å². The molecule has 2 atom stereocenters. The number of carbonyl (C=O) groups excluding carboxylic acids is 1. The van der Waals surface area contributed by atoms with Crippen LogP contribution in [-0.2, 0) is 9.53 Å². The molecule has 2 nitrogen and oxygen atoms in total. The topological polar surface area (TPSA) is 26.3 Å². The third-order valence-electron chi connectivity index (χ3n) is 5.04. The van der Waals surface area contributed by atoms with E-state index in [1.54, 1.807) is 0 Å². The minimum absolute atomic E-state index is 0.0589. The first kappa shape index (κ1) is 17.3. The number of hydrogen-bond donors (Lipinski definition) is 0. The number of ether oxygens (including phenoxy) is 1. The van der Waals surface area contributed by atoms with Crippen LogP contribution in [0.15, 0.2) is 0 Å². The van der Waals surface area contributed by atoms with Gasteiger partial charge < -0.3 is 4.74 Å². The van der Waals surface area contributed by atoms with Gasteiger partial charge in [-0.15, -0.1) is 0 Å². The fourth-order valence-electron chi connectivity index (χ4n) is 3.63. The maximum atomic E-state index is 12.4. The van der Waals surface area contributed by atoms with Crippen molar-refractivity contribution >= 4 is 17.5 Å². The van der Waals surface area contributed by atoms with Gasteiger partial charge in [-0.3, -0.25) is 4.79 Å². The lowest BCUT2D eigenvalue weighted by Gasteiger charge is -2.37. The smallest absolute Gasteiger partial charge is 0.136 e. The summed E-state index contributed by atoms with van der Waals surface area (Å²) in [5, 5.41) is 0. The first-order valence-electron chi connectivity index (χ1n) is 9.00. The second-order valence-corrected chi connectivity index (χ2v) is 7.97. The molecular weight excluding hydrogens is 280 g/mol. The lowest BCUT2D eigenvalue weighted by Crippen LogP contribution is -2.42. The molecule has 0 aromatic rings. The van der Waals surface area contributed by atoms with Crippen LogP contribution in [0, 0.1) is 5.92 Å². The first-order valence-corrected chi connectivity index (χ1v) is 10.2. The Hall–Kier alpha value is -0.0200. The van der Waals surface area contributed by atoms with Crippen molar-refractivity contribution in [2.24, 2.45) is 5.92 Å². The number of carbonyl (C=O) groups is 1. The van der Waals surface area contributed by atoms with Gasteiger partial charge in [0.2, 0.25) is 0 Å². The van der Waals surface area contributed by atoms with E-state index in [-0.39, 0.29) is 11.5 Å². The van der Waals surface area contributed by atoms with E-state index >= 15 is 0 Å². The van der Waals surface area contributed by atoms with Gasteiger partial charge in [0.1, 0.15) is 5.78 Å². The van der Waals surface area contributed by atoms with Gasteiger partial charge in [0, 0.05) is 24.7 Å². The molecule has 2 unspecified atom stereocenters. The summed E-state index contributed by atoms with van der Waals surface area (Å²) >= 11 is 1.99. The van der Waals surface area contributed by atoms with E-state index < -0.39 is 0 Å². The summed E-state index contributed by atoms with van der Waals surface area (Å²) in [5.74, 6) is 3.12. The minimum atomic E-state index is 0.0589. The highest BCUT2D eigenvalue weighted by molar-refractivity contribution is 7.99. The molecule has 0 saturated carbocycles. The number of Topliss-reactive ketones (excluding diaryl/α,β-unsaturated/α-hetero) is 1. The zero-order valence-corrected chi connectivity index (χ0v) is 14.5. The Bertz CT molecular complexity index is 310. The number of thioether (sulfide) groups is 1. The van der Waals surface area contributed by atoms with Gasteiger partial charge in [-0.05, 0) is 31.4 Å². The van der Waals surface area contributed by atoms with E-state index in [4.69, 9.17) is 4.74 Å². The predicted molar refractivity (Wildman–Crippen MR) is 91.0 cm³/mol. The molecule has 2 aliphatic rings. The second kappa shape index (κ2) is 9.19. The first-order chi connectivity index (χ1) is 10.3. The van der Waals surface area contributed by atoms with Gasteiger partial charge in [-0.1, -0.05) is 45.4 Å². The van der Waals surface area contributed by atoms with Crippen molar-refractivity contribution in [3.8, 4) is 0 Å². The van der Waals surface area contributed by atoms with Crippen molar-refractivity contribution in [3.63, 3.8) is 0 Å². The largest absolute Gasteiger partial charge is 0.374 e. The average Bonchev–Trinajstić information content (AvgIpc) is 2.94. The lowest BCUT2D eigenvalue weighted by molar-refractivity contribution is -0.134. The Morgan fingerprint density at radius 1 is 1.19 bits per heavy atom. The molecule has 0 amide bonds. The Labute approximate surface area is 134 Å². The Morgan fingerprint density at radius 2 is 1.95 bits per heavy atom. The molecule has 122 valence electrons. The molecule has 2 aliphatic heterocycles. The Balaban J connectivity index is 1.59. The van der Waals surface area contributed by atoms with Crippen LogP contribution in [0.4, 0.5) is 0 Å². The molecule has 3 heteroatoms. The molecule has 2 rings (SSSR count). The van der Waals surface area contributed by atoms with E-state index in [9.17, 15) is 4.79 Å². The van der Waals surface area contributed by atoms with Crippen LogP contribution >= 0.6 is 11.8 Å². The molecule has 0 aromatic heterocycles. The summed E-state index contributed by atoms with van der Waals surface area (Å²) in [5.41, 5.74) is 0.0589. The summed E-state index contributed by atoms with van der Waals surface area (Å²) in [7, 11) is 0. The predicted octanol–water partition coefficient (Wildman–Crippen LogP) is 5.00. The summed E-state index contributed by atoms with van der Waals surface area (Å²) in [6.07, 6.45) is 12.9. The van der Waals surface area contributed by atoms with Gasteiger partial charge >= 0.3 is 0 Å². The monoisotopic (exact) mass is 312 g/mol. The highest BCUT2D eigenvalue weighted by Crippen LogP contribution is 2.40. The van der Waals surface area contributed by atoms with Crippen molar-refractivity contribution in [1.29, 1.82) is 0 Å². The Morgan fingerprint density at radius 3 is 2.67 bits per heavy atom. The van der Waals surface area contributed by atoms with Gasteiger partial charge in [0.25, 0.3) is 0 Å². The van der Waals surface area contributed by atoms with Crippen molar-refractivity contribution in [3.05, 3.63) is 0 Å². The van der Waals surface area contributed by atoms with Crippen LogP contribution in [0.1, 0.15) is 77.6 Å². The molecular formula is C18H32O2S. The van der Waals surface area contributed by atoms with E-state index in [0.717, 1.165) is 44.5 Å². The minimum Gasteiger partial charge on any atom is -0.374 e. The lowest BCUT2D eigenvalue weighted by atomic mass is 9.82. The molecule has 0 aromatic carbocycles. The highest BCUT2D eigenvalue weighted by Gasteiger charge is 2.42. The SMILES string of the molecule is CCCCCCCCCC(=O)C1CCOC2(CCSC2)C1. The summed E-state index contributed by atoms with van der Waals surface area (Å²) in [6, 6.07) is 0. The molecule has 2 saturated heterocycles. The van der Waals surface area contributed by atoms with Crippen LogP contribution in [0.25, 0.3) is 0 Å². The maximum Gasteiger partial charge on any atom is 0.136 e. The fourth-order valence-corrected chi connectivity index (χ4v) is 5.00. The molecule has 2 fully saturated rings. The number of hydrogen-bond acceptors (Lipinski definition) is 3. The van der Waals surface area contributed by atoms with Gasteiger partial charge in [0.15, 0.2) is 0 Å².